The van der Waals surface area contributed by atoms with Crippen LogP contribution in [0.5, 0.6) is 5.75 Å². The fraction of sp³-hybridized carbons (Fsp3) is 0.158. The molecule has 2 aromatic carbocycles. The van der Waals surface area contributed by atoms with Crippen molar-refractivity contribution >= 4 is 33.0 Å². The number of fused-ring (bicyclic) bond motifs is 1. The number of ether oxygens (including phenoxy) is 1. The fourth-order valence-corrected chi connectivity index (χ4v) is 3.20. The first-order valence-electron chi connectivity index (χ1n) is 7.35. The lowest BCUT2D eigenvalue weighted by Gasteiger charge is -2.04. The minimum atomic E-state index is -0.0300. The number of ketones is 2. The third-order valence-corrected chi connectivity index (χ3v) is 4.66. The van der Waals surface area contributed by atoms with E-state index in [4.69, 9.17) is 4.74 Å². The second-order valence-electron chi connectivity index (χ2n) is 5.25. The molecule has 0 atom stereocenters. The van der Waals surface area contributed by atoms with Crippen LogP contribution >= 0.6 is 11.3 Å². The zero-order chi connectivity index (χ0) is 16.2. The Kier molecular flexibility index (Phi) is 4.53. The molecule has 0 saturated heterocycles. The normalized spacial score (nSPS) is 10.7. The molecule has 0 unspecified atom stereocenters. The van der Waals surface area contributed by atoms with Crippen LogP contribution in [0.4, 0.5) is 0 Å². The number of thiophene rings is 1. The fourth-order valence-electron chi connectivity index (χ4n) is 2.43. The van der Waals surface area contributed by atoms with Crippen LogP contribution in [0.3, 0.4) is 0 Å². The van der Waals surface area contributed by atoms with E-state index in [9.17, 15) is 9.59 Å². The summed E-state index contributed by atoms with van der Waals surface area (Å²) in [6, 6.07) is 14.6. The lowest BCUT2D eigenvalue weighted by atomic mass is 10.0. The molecular formula is C19H16O3S. The smallest absolute Gasteiger partial charge is 0.163 e. The first-order chi connectivity index (χ1) is 11.2. The van der Waals surface area contributed by atoms with Crippen LogP contribution in [0, 0.1) is 0 Å². The molecule has 0 bridgehead atoms. The summed E-state index contributed by atoms with van der Waals surface area (Å²) in [5, 5.41) is 3.08. The Bertz CT molecular complexity index is 846. The van der Waals surface area contributed by atoms with Crippen molar-refractivity contribution in [2.75, 3.05) is 7.11 Å². The summed E-state index contributed by atoms with van der Waals surface area (Å²) in [5.74, 6) is 0.680. The molecule has 23 heavy (non-hydrogen) atoms. The van der Waals surface area contributed by atoms with Gasteiger partial charge in [-0.1, -0.05) is 0 Å². The topological polar surface area (TPSA) is 43.4 Å². The highest BCUT2D eigenvalue weighted by Gasteiger charge is 2.12. The van der Waals surface area contributed by atoms with Crippen molar-refractivity contribution in [1.29, 1.82) is 0 Å². The monoisotopic (exact) mass is 324 g/mol. The van der Waals surface area contributed by atoms with Gasteiger partial charge in [-0.25, -0.2) is 0 Å². The van der Waals surface area contributed by atoms with Gasteiger partial charge in [0.15, 0.2) is 11.6 Å². The van der Waals surface area contributed by atoms with Crippen molar-refractivity contribution in [3.8, 4) is 5.75 Å². The molecule has 3 nitrogen and oxygen atoms in total. The van der Waals surface area contributed by atoms with E-state index in [1.165, 1.54) is 0 Å². The Balaban J connectivity index is 1.64. The van der Waals surface area contributed by atoms with Crippen LogP contribution in [-0.2, 0) is 0 Å². The van der Waals surface area contributed by atoms with E-state index in [1.54, 1.807) is 42.7 Å². The minimum absolute atomic E-state index is 0.0000355. The van der Waals surface area contributed by atoms with Crippen LogP contribution < -0.4 is 4.74 Å². The van der Waals surface area contributed by atoms with Crippen LogP contribution in [-0.4, -0.2) is 18.7 Å². The van der Waals surface area contributed by atoms with Gasteiger partial charge in [0, 0.05) is 28.7 Å². The molecule has 0 spiro atoms. The molecule has 0 fully saturated rings. The van der Waals surface area contributed by atoms with Crippen LogP contribution in [0.1, 0.15) is 33.6 Å². The molecule has 1 aromatic heterocycles. The molecule has 0 amide bonds. The molecule has 3 rings (SSSR count). The quantitative estimate of drug-likeness (QED) is 0.614. The summed E-state index contributed by atoms with van der Waals surface area (Å²) in [5.41, 5.74) is 1.27. The Morgan fingerprint density at radius 2 is 1.57 bits per heavy atom. The van der Waals surface area contributed by atoms with Gasteiger partial charge < -0.3 is 4.74 Å². The Morgan fingerprint density at radius 3 is 2.26 bits per heavy atom. The summed E-state index contributed by atoms with van der Waals surface area (Å²) in [6.07, 6.45) is 0.438. The number of hydrogen-bond donors (Lipinski definition) is 0. The molecule has 0 aliphatic carbocycles. The van der Waals surface area contributed by atoms with Gasteiger partial charge in [-0.2, -0.15) is 0 Å². The first kappa shape index (κ1) is 15.4. The number of methoxy groups -OCH3 is 1. The number of rotatable bonds is 6. The van der Waals surface area contributed by atoms with Gasteiger partial charge in [0.2, 0.25) is 0 Å². The lowest BCUT2D eigenvalue weighted by molar-refractivity contribution is 0.0917. The van der Waals surface area contributed by atoms with Crippen molar-refractivity contribution < 1.29 is 14.3 Å². The highest BCUT2D eigenvalue weighted by atomic mass is 32.1. The van der Waals surface area contributed by atoms with Crippen molar-refractivity contribution in [1.82, 2.24) is 0 Å². The van der Waals surface area contributed by atoms with E-state index in [0.717, 1.165) is 10.1 Å². The molecule has 0 N–H and O–H groups in total. The SMILES string of the molecule is COc1ccc(C(=O)CCC(=O)c2ccc3sccc3c2)cc1. The van der Waals surface area contributed by atoms with Gasteiger partial charge in [0.1, 0.15) is 5.75 Å². The predicted molar refractivity (Wildman–Crippen MR) is 92.7 cm³/mol. The average molecular weight is 324 g/mol. The van der Waals surface area contributed by atoms with Gasteiger partial charge >= 0.3 is 0 Å². The number of hydrogen-bond acceptors (Lipinski definition) is 4. The maximum atomic E-state index is 12.3. The molecule has 116 valence electrons. The molecule has 0 radical (unpaired) electrons. The number of carbonyl (C=O) groups excluding carboxylic acids is 2. The van der Waals surface area contributed by atoms with Crippen LogP contribution in [0.2, 0.25) is 0 Å². The average Bonchev–Trinajstić information content (AvgIpc) is 3.07. The van der Waals surface area contributed by atoms with E-state index in [0.29, 0.717) is 16.9 Å². The zero-order valence-corrected chi connectivity index (χ0v) is 13.6. The van der Waals surface area contributed by atoms with Gasteiger partial charge in [-0.05, 0) is 59.3 Å². The summed E-state index contributed by atoms with van der Waals surface area (Å²) < 4.78 is 6.23. The lowest BCUT2D eigenvalue weighted by Crippen LogP contribution is -2.05. The summed E-state index contributed by atoms with van der Waals surface area (Å²) in [6.45, 7) is 0. The largest absolute Gasteiger partial charge is 0.497 e. The molecule has 0 saturated carbocycles. The van der Waals surface area contributed by atoms with Crippen molar-refractivity contribution in [2.24, 2.45) is 0 Å². The maximum absolute atomic E-state index is 12.3. The van der Waals surface area contributed by atoms with Crippen molar-refractivity contribution in [3.63, 3.8) is 0 Å². The van der Waals surface area contributed by atoms with Gasteiger partial charge in [-0.15, -0.1) is 11.3 Å². The third-order valence-electron chi connectivity index (χ3n) is 3.77. The second-order valence-corrected chi connectivity index (χ2v) is 6.20. The van der Waals surface area contributed by atoms with E-state index in [2.05, 4.69) is 0 Å². The maximum Gasteiger partial charge on any atom is 0.163 e. The van der Waals surface area contributed by atoms with Gasteiger partial charge in [-0.3, -0.25) is 9.59 Å². The van der Waals surface area contributed by atoms with E-state index >= 15 is 0 Å². The highest BCUT2D eigenvalue weighted by Crippen LogP contribution is 2.23. The van der Waals surface area contributed by atoms with Gasteiger partial charge in [0.05, 0.1) is 7.11 Å². The molecular weight excluding hydrogens is 308 g/mol. The number of Topliss-reactive ketones (excluding diaryl/α,β-unsaturated/α-hetero) is 2. The van der Waals surface area contributed by atoms with Crippen LogP contribution in [0.15, 0.2) is 53.9 Å². The Labute approximate surface area is 138 Å². The zero-order valence-electron chi connectivity index (χ0n) is 12.7. The molecule has 0 aliphatic heterocycles. The molecule has 4 heteroatoms. The summed E-state index contributed by atoms with van der Waals surface area (Å²) >= 11 is 1.65. The second kappa shape index (κ2) is 6.75. The highest BCUT2D eigenvalue weighted by molar-refractivity contribution is 7.17. The third kappa shape index (κ3) is 3.48. The van der Waals surface area contributed by atoms with Crippen molar-refractivity contribution in [3.05, 3.63) is 65.0 Å². The standard InChI is InChI=1S/C19H16O3S/c1-22-16-5-2-13(3-6-16)17(20)7-8-18(21)14-4-9-19-15(12-14)10-11-23-19/h2-6,9-12H,7-8H2,1H3. The van der Waals surface area contributed by atoms with E-state index in [-0.39, 0.29) is 24.4 Å². The van der Waals surface area contributed by atoms with Crippen LogP contribution in [0.25, 0.3) is 10.1 Å². The van der Waals surface area contributed by atoms with E-state index < -0.39 is 0 Å². The number of carbonyl (C=O) groups is 2. The molecule has 0 aliphatic rings. The predicted octanol–water partition coefficient (Wildman–Crippen LogP) is 4.76. The Morgan fingerprint density at radius 1 is 0.913 bits per heavy atom. The number of benzene rings is 2. The summed E-state index contributed by atoms with van der Waals surface area (Å²) in [4.78, 5) is 24.4. The van der Waals surface area contributed by atoms with Gasteiger partial charge in [0.25, 0.3) is 0 Å². The molecule has 3 aromatic rings. The summed E-state index contributed by atoms with van der Waals surface area (Å²) in [7, 11) is 1.58. The molecule has 1 heterocycles. The van der Waals surface area contributed by atoms with E-state index in [1.807, 2.05) is 29.6 Å². The van der Waals surface area contributed by atoms with Crippen molar-refractivity contribution in [2.45, 2.75) is 12.8 Å². The first-order valence-corrected chi connectivity index (χ1v) is 8.23. The Hall–Kier alpha value is -2.46. The minimum Gasteiger partial charge on any atom is -0.497 e.